The molecule has 2 aromatic rings. The van der Waals surface area contributed by atoms with Crippen molar-refractivity contribution in [2.45, 2.75) is 24.1 Å². The van der Waals surface area contributed by atoms with Crippen LogP contribution < -0.4 is 10.8 Å². The Bertz CT molecular complexity index is 941. The molecule has 140 valence electrons. The lowest BCUT2D eigenvalue weighted by Crippen LogP contribution is -2.43. The third-order valence-corrected chi connectivity index (χ3v) is 6.39. The first-order valence-electron chi connectivity index (χ1n) is 7.57. The highest BCUT2D eigenvalue weighted by molar-refractivity contribution is 9.10. The van der Waals surface area contributed by atoms with Crippen molar-refractivity contribution in [3.63, 3.8) is 0 Å². The maximum absolute atomic E-state index is 13.3. The molecule has 0 unspecified atom stereocenters. The Balaban J connectivity index is 1.78. The average Bonchev–Trinajstić information content (AvgIpc) is 2.98. The molecule has 3 rings (SSSR count). The van der Waals surface area contributed by atoms with Crippen LogP contribution in [-0.4, -0.2) is 38.9 Å². The highest BCUT2D eigenvalue weighted by Crippen LogP contribution is 2.30. The van der Waals surface area contributed by atoms with Crippen LogP contribution in [0.1, 0.15) is 18.5 Å². The smallest absolute Gasteiger partial charge is 0.202 e. The quantitative estimate of drug-likeness (QED) is 0.271. The number of aromatic nitrogens is 2. The molecule has 0 bridgehead atoms. The Labute approximate surface area is 157 Å². The molecule has 0 spiro atoms. The van der Waals surface area contributed by atoms with Gasteiger partial charge in [0.15, 0.2) is 11.5 Å². The van der Waals surface area contributed by atoms with E-state index in [2.05, 4.69) is 36.6 Å². The first-order chi connectivity index (χ1) is 12.3. The van der Waals surface area contributed by atoms with E-state index < -0.39 is 15.4 Å². The van der Waals surface area contributed by atoms with Gasteiger partial charge >= 0.3 is 0 Å². The fourth-order valence-electron chi connectivity index (χ4n) is 2.51. The summed E-state index contributed by atoms with van der Waals surface area (Å²) in [5.41, 5.74) is 2.51. The van der Waals surface area contributed by atoms with Crippen LogP contribution >= 0.6 is 15.9 Å². The van der Waals surface area contributed by atoms with Gasteiger partial charge in [0.1, 0.15) is 5.82 Å². The SMILES string of the molecule is CS(=N)(=N)C1CC(Nc2nonc2C(=Nc2ccc(F)c(Br)c2)NO)C1. The van der Waals surface area contributed by atoms with Crippen molar-refractivity contribution >= 4 is 42.9 Å². The fourth-order valence-corrected chi connectivity index (χ4v) is 4.12. The molecule has 26 heavy (non-hydrogen) atoms. The molecule has 1 fully saturated rings. The van der Waals surface area contributed by atoms with E-state index in [1.54, 1.807) is 6.26 Å². The Morgan fingerprint density at radius 2 is 2.15 bits per heavy atom. The highest BCUT2D eigenvalue weighted by Gasteiger charge is 2.34. The van der Waals surface area contributed by atoms with Gasteiger partial charge in [0, 0.05) is 17.5 Å². The lowest BCUT2D eigenvalue weighted by atomic mass is 9.92. The van der Waals surface area contributed by atoms with Crippen LogP contribution in [-0.2, 0) is 9.62 Å². The largest absolute Gasteiger partial charge is 0.362 e. The topological polar surface area (TPSA) is 143 Å². The zero-order valence-corrected chi connectivity index (χ0v) is 16.1. The van der Waals surface area contributed by atoms with E-state index in [-0.39, 0.29) is 27.3 Å². The van der Waals surface area contributed by atoms with E-state index in [1.165, 1.54) is 18.2 Å². The Kier molecular flexibility index (Phi) is 5.25. The van der Waals surface area contributed by atoms with Gasteiger partial charge in [-0.2, -0.15) is 0 Å². The van der Waals surface area contributed by atoms with Crippen molar-refractivity contribution in [3.05, 3.63) is 34.2 Å². The summed E-state index contributed by atoms with van der Waals surface area (Å²) in [6.07, 6.45) is 3.03. The van der Waals surface area contributed by atoms with E-state index >= 15 is 0 Å². The fraction of sp³-hybridized carbons (Fsp3) is 0.357. The predicted octanol–water partition coefficient (Wildman–Crippen LogP) is 3.28. The maximum atomic E-state index is 13.3. The van der Waals surface area contributed by atoms with Gasteiger partial charge < -0.3 is 5.32 Å². The molecule has 0 aliphatic heterocycles. The molecule has 1 aromatic carbocycles. The van der Waals surface area contributed by atoms with E-state index in [4.69, 9.17) is 14.2 Å². The van der Waals surface area contributed by atoms with E-state index in [0.717, 1.165) is 0 Å². The molecule has 1 aliphatic rings. The number of rotatable bonds is 5. The summed E-state index contributed by atoms with van der Waals surface area (Å²) in [5.74, 6) is -0.147. The number of aliphatic imine (C=N–C) groups is 1. The third kappa shape index (κ3) is 4.02. The van der Waals surface area contributed by atoms with Crippen LogP contribution in [0.3, 0.4) is 0 Å². The lowest BCUT2D eigenvalue weighted by Gasteiger charge is -2.37. The number of benzene rings is 1. The summed E-state index contributed by atoms with van der Waals surface area (Å²) in [5, 5.41) is 20.1. The number of amidine groups is 1. The van der Waals surface area contributed by atoms with Gasteiger partial charge in [-0.1, -0.05) is 9.62 Å². The number of halogens is 2. The van der Waals surface area contributed by atoms with Crippen molar-refractivity contribution in [2.24, 2.45) is 4.99 Å². The molecule has 1 aliphatic carbocycles. The normalized spacial score (nSPS) is 20.5. The van der Waals surface area contributed by atoms with E-state index in [1.807, 2.05) is 5.48 Å². The molecule has 5 N–H and O–H groups in total. The number of nitrogens with one attached hydrogen (secondary N) is 4. The average molecular weight is 446 g/mol. The minimum atomic E-state index is -2.07. The van der Waals surface area contributed by atoms with Crippen molar-refractivity contribution in [1.29, 1.82) is 9.56 Å². The van der Waals surface area contributed by atoms with Gasteiger partial charge in [0.05, 0.1) is 10.2 Å². The second-order valence-electron chi connectivity index (χ2n) is 6.05. The second kappa shape index (κ2) is 7.29. The first kappa shape index (κ1) is 18.7. The molecule has 1 aromatic heterocycles. The molecule has 1 heterocycles. The molecule has 0 atom stereocenters. The molecule has 1 saturated carbocycles. The second-order valence-corrected chi connectivity index (χ2v) is 9.53. The van der Waals surface area contributed by atoms with E-state index in [9.17, 15) is 9.60 Å². The standard InChI is InChI=1S/C14H17BrFN7O2S/c1-26(17,18)9-4-8(5-9)20-14-12(22-25-23-14)13(21-24)19-7-2-3-11(16)10(15)6-7/h2-3,6,8-9,17-18,24H,4-5H2,1H3,(H,19,21)(H,20,23). The number of hydrogen-bond acceptors (Lipinski definition) is 8. The molecular weight excluding hydrogens is 429 g/mol. The molecule has 0 radical (unpaired) electrons. The number of hydroxylamine groups is 1. The summed E-state index contributed by atoms with van der Waals surface area (Å²) >= 11 is 3.08. The van der Waals surface area contributed by atoms with Gasteiger partial charge in [-0.05, 0) is 57.3 Å². The van der Waals surface area contributed by atoms with Crippen LogP contribution in [0.15, 0.2) is 32.3 Å². The van der Waals surface area contributed by atoms with Crippen LogP contribution in [0.25, 0.3) is 0 Å². The zero-order chi connectivity index (χ0) is 18.9. The maximum Gasteiger partial charge on any atom is 0.202 e. The summed E-state index contributed by atoms with van der Waals surface area (Å²) in [6, 6.07) is 4.19. The predicted molar refractivity (Wildman–Crippen MR) is 98.7 cm³/mol. The summed E-state index contributed by atoms with van der Waals surface area (Å²) < 4.78 is 33.9. The Morgan fingerprint density at radius 1 is 1.42 bits per heavy atom. The Morgan fingerprint density at radius 3 is 2.77 bits per heavy atom. The van der Waals surface area contributed by atoms with Crippen molar-refractivity contribution in [3.8, 4) is 0 Å². The number of hydrogen-bond donors (Lipinski definition) is 5. The van der Waals surface area contributed by atoms with Gasteiger partial charge in [-0.3, -0.25) is 20.2 Å². The minimum absolute atomic E-state index is 0.0143. The van der Waals surface area contributed by atoms with Crippen molar-refractivity contribution < 1.29 is 14.2 Å². The van der Waals surface area contributed by atoms with Crippen LogP contribution in [0.5, 0.6) is 0 Å². The van der Waals surface area contributed by atoms with Crippen molar-refractivity contribution in [1.82, 2.24) is 15.8 Å². The molecule has 0 saturated heterocycles. The molecule has 9 nitrogen and oxygen atoms in total. The van der Waals surface area contributed by atoms with Crippen LogP contribution in [0, 0.1) is 15.4 Å². The Hall–Kier alpha value is -2.05. The van der Waals surface area contributed by atoms with Crippen LogP contribution in [0.2, 0.25) is 0 Å². The molecule has 12 heteroatoms. The van der Waals surface area contributed by atoms with Gasteiger partial charge in [0.25, 0.3) is 0 Å². The summed E-state index contributed by atoms with van der Waals surface area (Å²) in [7, 11) is -2.07. The van der Waals surface area contributed by atoms with E-state index in [0.29, 0.717) is 24.3 Å². The number of nitrogens with zero attached hydrogens (tertiary/aromatic N) is 3. The summed E-state index contributed by atoms with van der Waals surface area (Å²) in [6.45, 7) is 0. The summed E-state index contributed by atoms with van der Waals surface area (Å²) in [4.78, 5) is 4.19. The van der Waals surface area contributed by atoms with Gasteiger partial charge in [0.2, 0.25) is 5.82 Å². The zero-order valence-electron chi connectivity index (χ0n) is 13.7. The van der Waals surface area contributed by atoms with Gasteiger partial charge in [-0.25, -0.2) is 14.0 Å². The third-order valence-electron chi connectivity index (χ3n) is 4.07. The van der Waals surface area contributed by atoms with Crippen LogP contribution in [0.4, 0.5) is 15.9 Å². The molecule has 0 amide bonds. The molecular formula is C14H17BrFN7O2S. The van der Waals surface area contributed by atoms with Gasteiger partial charge in [-0.15, -0.1) is 0 Å². The highest BCUT2D eigenvalue weighted by atomic mass is 79.9. The monoisotopic (exact) mass is 445 g/mol. The minimum Gasteiger partial charge on any atom is -0.362 e. The lowest BCUT2D eigenvalue weighted by molar-refractivity contribution is 0.234. The first-order valence-corrected chi connectivity index (χ1v) is 10.5. The van der Waals surface area contributed by atoms with Crippen molar-refractivity contribution in [2.75, 3.05) is 11.6 Å². The number of anilines is 1.